The number of benzene rings is 1. The highest BCUT2D eigenvalue weighted by atomic mass is 32.2. The first-order valence-corrected chi connectivity index (χ1v) is 6.78. The summed E-state index contributed by atoms with van der Waals surface area (Å²) in [6.45, 7) is 5.89. The summed E-state index contributed by atoms with van der Waals surface area (Å²) in [5.41, 5.74) is 1.02. The van der Waals surface area contributed by atoms with Gasteiger partial charge in [0, 0.05) is 11.5 Å². The minimum absolute atomic E-state index is 0.0661. The molecule has 1 rings (SSSR count). The SMILES string of the molecule is C=CCSCC(C)C(=O)OCc1ccccc1. The molecule has 0 saturated carbocycles. The second kappa shape index (κ2) is 7.96. The van der Waals surface area contributed by atoms with Gasteiger partial charge in [-0.25, -0.2) is 0 Å². The van der Waals surface area contributed by atoms with Crippen LogP contribution in [0.5, 0.6) is 0 Å². The van der Waals surface area contributed by atoms with Crippen molar-refractivity contribution in [1.82, 2.24) is 0 Å². The Hall–Kier alpha value is -1.22. The van der Waals surface area contributed by atoms with Crippen molar-refractivity contribution in [2.45, 2.75) is 13.5 Å². The first-order valence-electron chi connectivity index (χ1n) is 5.63. The highest BCUT2D eigenvalue weighted by molar-refractivity contribution is 7.99. The first-order chi connectivity index (χ1) is 8.24. The number of hydrogen-bond acceptors (Lipinski definition) is 3. The maximum atomic E-state index is 11.6. The van der Waals surface area contributed by atoms with Crippen molar-refractivity contribution in [2.75, 3.05) is 11.5 Å². The van der Waals surface area contributed by atoms with Crippen LogP contribution in [0.3, 0.4) is 0 Å². The van der Waals surface area contributed by atoms with Crippen molar-refractivity contribution >= 4 is 17.7 Å². The maximum Gasteiger partial charge on any atom is 0.309 e. The van der Waals surface area contributed by atoms with Gasteiger partial charge in [0.15, 0.2) is 0 Å². The van der Waals surface area contributed by atoms with E-state index in [-0.39, 0.29) is 11.9 Å². The maximum absolute atomic E-state index is 11.6. The molecule has 1 aromatic rings. The third-order valence-corrected chi connectivity index (χ3v) is 3.44. The fourth-order valence-electron chi connectivity index (χ4n) is 1.27. The summed E-state index contributed by atoms with van der Waals surface area (Å²) in [6, 6.07) is 9.72. The Morgan fingerprint density at radius 3 is 2.82 bits per heavy atom. The van der Waals surface area contributed by atoms with Crippen LogP contribution in [0.1, 0.15) is 12.5 Å². The van der Waals surface area contributed by atoms with Gasteiger partial charge in [-0.1, -0.05) is 43.3 Å². The average molecular weight is 250 g/mol. The Morgan fingerprint density at radius 2 is 2.18 bits per heavy atom. The smallest absolute Gasteiger partial charge is 0.309 e. The minimum atomic E-state index is -0.134. The van der Waals surface area contributed by atoms with E-state index < -0.39 is 0 Å². The average Bonchev–Trinajstić information content (AvgIpc) is 2.37. The number of carbonyl (C=O) groups is 1. The Labute approximate surface area is 107 Å². The molecule has 0 amide bonds. The molecule has 0 aliphatic rings. The van der Waals surface area contributed by atoms with Crippen LogP contribution in [-0.4, -0.2) is 17.5 Å². The second-order valence-corrected chi connectivity index (χ2v) is 4.90. The minimum Gasteiger partial charge on any atom is -0.461 e. The molecule has 0 bridgehead atoms. The van der Waals surface area contributed by atoms with E-state index in [2.05, 4.69) is 6.58 Å². The fourth-order valence-corrected chi connectivity index (χ4v) is 2.06. The Kier molecular flexibility index (Phi) is 6.48. The van der Waals surface area contributed by atoms with Gasteiger partial charge >= 0.3 is 5.97 Å². The summed E-state index contributed by atoms with van der Waals surface area (Å²) in [6.07, 6.45) is 1.84. The number of ether oxygens (including phenoxy) is 1. The number of rotatable bonds is 7. The van der Waals surface area contributed by atoms with E-state index in [1.54, 1.807) is 11.8 Å². The van der Waals surface area contributed by atoms with Crippen LogP contribution in [0.2, 0.25) is 0 Å². The van der Waals surface area contributed by atoms with Crippen molar-refractivity contribution in [3.8, 4) is 0 Å². The number of esters is 1. The molecule has 1 aromatic carbocycles. The molecular weight excluding hydrogens is 232 g/mol. The molecule has 0 N–H and O–H groups in total. The molecule has 0 aliphatic heterocycles. The lowest BCUT2D eigenvalue weighted by molar-refractivity contribution is -0.148. The molecule has 1 atom stereocenters. The zero-order chi connectivity index (χ0) is 12.5. The molecule has 92 valence electrons. The second-order valence-electron chi connectivity index (χ2n) is 3.82. The van der Waals surface area contributed by atoms with Gasteiger partial charge in [0.25, 0.3) is 0 Å². The van der Waals surface area contributed by atoms with Gasteiger partial charge in [-0.2, -0.15) is 11.8 Å². The Bertz CT molecular complexity index is 348. The predicted molar refractivity (Wildman–Crippen MR) is 72.9 cm³/mol. The van der Waals surface area contributed by atoms with Gasteiger partial charge in [0.1, 0.15) is 6.61 Å². The van der Waals surface area contributed by atoms with E-state index in [1.165, 1.54) is 0 Å². The summed E-state index contributed by atoms with van der Waals surface area (Å²) in [5, 5.41) is 0. The van der Waals surface area contributed by atoms with Crippen molar-refractivity contribution in [3.63, 3.8) is 0 Å². The van der Waals surface area contributed by atoms with Gasteiger partial charge in [-0.3, -0.25) is 4.79 Å². The molecular formula is C14H18O2S. The summed E-state index contributed by atoms with van der Waals surface area (Å²) in [4.78, 5) is 11.6. The molecule has 3 heteroatoms. The lowest BCUT2D eigenvalue weighted by Crippen LogP contribution is -2.16. The summed E-state index contributed by atoms with van der Waals surface area (Å²) < 4.78 is 5.24. The fraction of sp³-hybridized carbons (Fsp3) is 0.357. The molecule has 1 unspecified atom stereocenters. The van der Waals surface area contributed by atoms with Crippen LogP contribution in [0.15, 0.2) is 43.0 Å². The van der Waals surface area contributed by atoms with Crippen LogP contribution < -0.4 is 0 Å². The van der Waals surface area contributed by atoms with Gasteiger partial charge < -0.3 is 4.74 Å². The first kappa shape index (κ1) is 13.8. The van der Waals surface area contributed by atoms with Gasteiger partial charge in [-0.15, -0.1) is 6.58 Å². The molecule has 0 aliphatic carbocycles. The van der Waals surface area contributed by atoms with Crippen molar-refractivity contribution in [1.29, 1.82) is 0 Å². The lowest BCUT2D eigenvalue weighted by atomic mass is 10.2. The zero-order valence-electron chi connectivity index (χ0n) is 10.1. The van der Waals surface area contributed by atoms with Crippen LogP contribution in [0, 0.1) is 5.92 Å². The van der Waals surface area contributed by atoms with E-state index in [9.17, 15) is 4.79 Å². The summed E-state index contributed by atoms with van der Waals surface area (Å²) >= 11 is 1.69. The molecule has 0 aromatic heterocycles. The van der Waals surface area contributed by atoms with E-state index in [1.807, 2.05) is 43.3 Å². The normalized spacial score (nSPS) is 11.8. The molecule has 0 spiro atoms. The van der Waals surface area contributed by atoms with Crippen molar-refractivity contribution in [3.05, 3.63) is 48.6 Å². The highest BCUT2D eigenvalue weighted by Gasteiger charge is 2.13. The Balaban J connectivity index is 2.26. The molecule has 0 fully saturated rings. The Morgan fingerprint density at radius 1 is 1.47 bits per heavy atom. The van der Waals surface area contributed by atoms with E-state index in [0.717, 1.165) is 17.1 Å². The summed E-state index contributed by atoms with van der Waals surface area (Å²) in [7, 11) is 0. The molecule has 17 heavy (non-hydrogen) atoms. The topological polar surface area (TPSA) is 26.3 Å². The third kappa shape index (κ3) is 5.59. The predicted octanol–water partition coefficient (Wildman–Crippen LogP) is 3.29. The molecule has 0 saturated heterocycles. The summed E-state index contributed by atoms with van der Waals surface area (Å²) in [5.74, 6) is 1.45. The largest absolute Gasteiger partial charge is 0.461 e. The van der Waals surface area contributed by atoms with E-state index >= 15 is 0 Å². The van der Waals surface area contributed by atoms with Crippen LogP contribution in [0.25, 0.3) is 0 Å². The third-order valence-electron chi connectivity index (χ3n) is 2.23. The highest BCUT2D eigenvalue weighted by Crippen LogP contribution is 2.11. The van der Waals surface area contributed by atoms with Crippen LogP contribution >= 0.6 is 11.8 Å². The number of thioether (sulfide) groups is 1. The van der Waals surface area contributed by atoms with Crippen LogP contribution in [-0.2, 0) is 16.1 Å². The number of carbonyl (C=O) groups excluding carboxylic acids is 1. The number of hydrogen-bond donors (Lipinski definition) is 0. The lowest BCUT2D eigenvalue weighted by Gasteiger charge is -2.10. The van der Waals surface area contributed by atoms with Gasteiger partial charge in [0.2, 0.25) is 0 Å². The van der Waals surface area contributed by atoms with Crippen LogP contribution in [0.4, 0.5) is 0 Å². The van der Waals surface area contributed by atoms with Gasteiger partial charge in [0.05, 0.1) is 5.92 Å². The standard InChI is InChI=1S/C14H18O2S/c1-3-9-17-11-12(2)14(15)16-10-13-7-5-4-6-8-13/h3-8,12H,1,9-11H2,2H3. The monoisotopic (exact) mass is 250 g/mol. The van der Waals surface area contributed by atoms with Crippen molar-refractivity contribution in [2.24, 2.45) is 5.92 Å². The molecule has 0 heterocycles. The van der Waals surface area contributed by atoms with Crippen molar-refractivity contribution < 1.29 is 9.53 Å². The van der Waals surface area contributed by atoms with Gasteiger partial charge in [-0.05, 0) is 5.56 Å². The zero-order valence-corrected chi connectivity index (χ0v) is 10.9. The molecule has 2 nitrogen and oxygen atoms in total. The van der Waals surface area contributed by atoms with E-state index in [0.29, 0.717) is 6.61 Å². The van der Waals surface area contributed by atoms with E-state index in [4.69, 9.17) is 4.74 Å². The quantitative estimate of drug-likeness (QED) is 0.422. The molecule has 0 radical (unpaired) electrons.